The number of Topliss-reactive ketones (excluding diaryl/α,β-unsaturated/α-hetero) is 1. The van der Waals surface area contributed by atoms with Gasteiger partial charge in [0.15, 0.2) is 5.78 Å². The molecule has 0 saturated carbocycles. The summed E-state index contributed by atoms with van der Waals surface area (Å²) in [7, 11) is 0. The van der Waals surface area contributed by atoms with Crippen LogP contribution in [0.25, 0.3) is 10.9 Å². The highest BCUT2D eigenvalue weighted by molar-refractivity contribution is 5.97. The summed E-state index contributed by atoms with van der Waals surface area (Å²) in [5.74, 6) is -3.62. The van der Waals surface area contributed by atoms with E-state index in [0.717, 1.165) is 11.6 Å². The number of hydrogen-bond donors (Lipinski definition) is 3. The molecule has 3 amide bonds. The number of carbonyl (C=O) groups is 5. The summed E-state index contributed by atoms with van der Waals surface area (Å²) in [5, 5.41) is 14.8. The van der Waals surface area contributed by atoms with Crippen molar-refractivity contribution in [2.75, 3.05) is 36.4 Å². The van der Waals surface area contributed by atoms with Crippen LogP contribution in [0.1, 0.15) is 55.6 Å². The van der Waals surface area contributed by atoms with Crippen molar-refractivity contribution in [2.24, 2.45) is 11.8 Å². The number of carboxylic acid groups (broad SMARTS) is 1. The third-order valence-electron chi connectivity index (χ3n) is 9.64. The van der Waals surface area contributed by atoms with Crippen LogP contribution in [-0.4, -0.2) is 76.6 Å². The zero-order chi connectivity index (χ0) is 40.5. The molecule has 4 aromatic rings. The number of aryl methyl sites for hydroxylation is 1. The number of anilines is 2. The van der Waals surface area contributed by atoms with Crippen LogP contribution < -0.4 is 21.0 Å². The Morgan fingerprint density at radius 3 is 2.14 bits per heavy atom. The maximum atomic E-state index is 15.3. The van der Waals surface area contributed by atoms with Gasteiger partial charge in [-0.25, -0.2) is 18.8 Å². The van der Waals surface area contributed by atoms with Crippen molar-refractivity contribution in [3.8, 4) is 0 Å². The van der Waals surface area contributed by atoms with Gasteiger partial charge in [0.25, 0.3) is 0 Å². The molecule has 2 heterocycles. The molecular formula is C41H46FN5O9. The Balaban J connectivity index is 1.07. The quantitative estimate of drug-likeness (QED) is 0.142. The van der Waals surface area contributed by atoms with Gasteiger partial charge in [-0.3, -0.25) is 14.4 Å². The molecule has 1 fully saturated rings. The third kappa shape index (κ3) is 10.1. The number of ether oxygens (including phenoxy) is 2. The number of ketones is 1. The predicted molar refractivity (Wildman–Crippen MR) is 207 cm³/mol. The first-order valence-electron chi connectivity index (χ1n) is 18.4. The number of halogens is 1. The molecule has 5 rings (SSSR count). The first kappa shape index (κ1) is 40.9. The number of rotatable bonds is 14. The van der Waals surface area contributed by atoms with E-state index in [1.807, 2.05) is 30.3 Å². The third-order valence-corrected chi connectivity index (χ3v) is 9.64. The summed E-state index contributed by atoms with van der Waals surface area (Å²) in [5.41, 5.74) is 1.46. The molecule has 3 aromatic carbocycles. The minimum Gasteiger partial charge on any atom is -0.477 e. The van der Waals surface area contributed by atoms with Gasteiger partial charge in [0, 0.05) is 62.3 Å². The zero-order valence-corrected chi connectivity index (χ0v) is 31.7. The van der Waals surface area contributed by atoms with Gasteiger partial charge in [0.1, 0.15) is 24.6 Å². The number of aromatic carboxylic acids is 1. The van der Waals surface area contributed by atoms with Gasteiger partial charge in [0.05, 0.1) is 17.2 Å². The number of nitrogens with one attached hydrogen (secondary N) is 2. The molecule has 0 radical (unpaired) electrons. The van der Waals surface area contributed by atoms with E-state index in [9.17, 15) is 33.9 Å². The van der Waals surface area contributed by atoms with E-state index in [0.29, 0.717) is 36.4 Å². The number of piperazine rings is 1. The van der Waals surface area contributed by atoms with Crippen LogP contribution in [0.5, 0.6) is 0 Å². The summed E-state index contributed by atoms with van der Waals surface area (Å²) in [6.07, 6.45) is -0.0910. The number of hydrogen-bond acceptors (Lipinski definition) is 9. The lowest BCUT2D eigenvalue weighted by Crippen LogP contribution is -2.49. The van der Waals surface area contributed by atoms with Crippen molar-refractivity contribution in [3.63, 3.8) is 0 Å². The van der Waals surface area contributed by atoms with E-state index in [2.05, 4.69) is 10.6 Å². The van der Waals surface area contributed by atoms with E-state index in [1.54, 1.807) is 61.4 Å². The second-order valence-electron chi connectivity index (χ2n) is 14.0. The fraction of sp³-hybridized carbons (Fsp3) is 0.366. The van der Waals surface area contributed by atoms with Crippen LogP contribution in [0.3, 0.4) is 0 Å². The van der Waals surface area contributed by atoms with Crippen LogP contribution in [0.4, 0.5) is 25.4 Å². The Labute approximate surface area is 323 Å². The highest BCUT2D eigenvalue weighted by Gasteiger charge is 2.29. The Hall–Kier alpha value is -6.25. The second kappa shape index (κ2) is 18.4. The smallest absolute Gasteiger partial charge is 0.410 e. The molecule has 1 aliphatic rings. The first-order chi connectivity index (χ1) is 26.7. The lowest BCUT2D eigenvalue weighted by molar-refractivity contribution is -0.127. The molecule has 296 valence electrons. The van der Waals surface area contributed by atoms with Gasteiger partial charge in [-0.1, -0.05) is 63.2 Å². The van der Waals surface area contributed by atoms with E-state index < -0.39 is 46.9 Å². The van der Waals surface area contributed by atoms with Gasteiger partial charge in [-0.2, -0.15) is 0 Å². The number of alkyl carbamates (subject to hydrolysis) is 1. The summed E-state index contributed by atoms with van der Waals surface area (Å²) in [6, 6.07) is 17.7. The largest absolute Gasteiger partial charge is 0.477 e. The second-order valence-corrected chi connectivity index (χ2v) is 14.0. The fourth-order valence-corrected chi connectivity index (χ4v) is 6.40. The van der Waals surface area contributed by atoms with Gasteiger partial charge >= 0.3 is 18.2 Å². The Bertz CT molecular complexity index is 2130. The lowest BCUT2D eigenvalue weighted by Gasteiger charge is -2.35. The maximum absolute atomic E-state index is 15.3. The predicted octanol–water partition coefficient (Wildman–Crippen LogP) is 5.80. The van der Waals surface area contributed by atoms with Crippen molar-refractivity contribution < 1.29 is 42.9 Å². The minimum atomic E-state index is -1.38. The maximum Gasteiger partial charge on any atom is 0.410 e. The van der Waals surface area contributed by atoms with Crippen molar-refractivity contribution in [1.82, 2.24) is 14.8 Å². The van der Waals surface area contributed by atoms with Crippen LogP contribution >= 0.6 is 0 Å². The number of fused-ring (bicyclic) bond motifs is 1. The molecule has 0 spiro atoms. The van der Waals surface area contributed by atoms with Crippen molar-refractivity contribution >= 4 is 52.1 Å². The standard InChI is InChI=1S/C41H46FN5O9/c1-5-45-22-31(39(51)52)37(49)30-20-32(42)34(21-33(30)45)46-15-17-47(18-16-46)41(54)56-24-28-11-13-29(14-12-28)43-38(50)26(4)19-35(48)36(25(2)3)44-40(53)55-23-27-9-7-6-8-10-27/h6-14,20-22,25-26,36H,5,15-19,23-24H2,1-4H3,(H,43,50)(H,44,53)(H,51,52). The molecule has 1 aliphatic heterocycles. The van der Waals surface area contributed by atoms with Gasteiger partial charge in [-0.15, -0.1) is 0 Å². The van der Waals surface area contributed by atoms with Gasteiger partial charge in [-0.05, 0) is 48.2 Å². The SMILES string of the molecule is CCn1cc(C(=O)O)c(=O)c2cc(F)c(N3CCN(C(=O)OCc4ccc(NC(=O)C(C)CC(=O)C(NC(=O)OCc5ccccc5)C(C)C)cc4)CC3)cc21. The van der Waals surface area contributed by atoms with Gasteiger partial charge in [0.2, 0.25) is 11.3 Å². The Kier molecular flexibility index (Phi) is 13.4. The van der Waals surface area contributed by atoms with Crippen LogP contribution in [0.2, 0.25) is 0 Å². The molecule has 1 aromatic heterocycles. The van der Waals surface area contributed by atoms with Crippen molar-refractivity contribution in [1.29, 1.82) is 0 Å². The van der Waals surface area contributed by atoms with Crippen LogP contribution in [0, 0.1) is 17.7 Å². The lowest BCUT2D eigenvalue weighted by atomic mass is 9.93. The number of carboxylic acids is 1. The summed E-state index contributed by atoms with van der Waals surface area (Å²) in [4.78, 5) is 78.9. The number of aromatic nitrogens is 1. The number of carbonyl (C=O) groups excluding carboxylic acids is 4. The first-order valence-corrected chi connectivity index (χ1v) is 18.4. The molecule has 2 unspecified atom stereocenters. The topological polar surface area (TPSA) is 177 Å². The number of pyridine rings is 1. The summed E-state index contributed by atoms with van der Waals surface area (Å²) < 4.78 is 27.6. The van der Waals surface area contributed by atoms with Crippen molar-refractivity contribution in [3.05, 3.63) is 106 Å². The van der Waals surface area contributed by atoms with E-state index in [-0.39, 0.29) is 61.4 Å². The molecule has 2 atom stereocenters. The minimum absolute atomic E-state index is 0.0168. The molecule has 0 aliphatic carbocycles. The fourth-order valence-electron chi connectivity index (χ4n) is 6.40. The number of amides is 3. The summed E-state index contributed by atoms with van der Waals surface area (Å²) in [6.45, 7) is 8.55. The molecule has 14 nitrogen and oxygen atoms in total. The Morgan fingerprint density at radius 2 is 1.52 bits per heavy atom. The average molecular weight is 772 g/mol. The van der Waals surface area contributed by atoms with Crippen molar-refractivity contribution in [2.45, 2.75) is 59.9 Å². The summed E-state index contributed by atoms with van der Waals surface area (Å²) >= 11 is 0. The van der Waals surface area contributed by atoms with Crippen LogP contribution in [-0.2, 0) is 38.8 Å². The number of nitrogens with zero attached hydrogens (tertiary/aromatic N) is 3. The van der Waals surface area contributed by atoms with E-state index in [4.69, 9.17) is 9.47 Å². The molecule has 0 bridgehead atoms. The molecular weight excluding hydrogens is 725 g/mol. The highest BCUT2D eigenvalue weighted by atomic mass is 19.1. The monoisotopic (exact) mass is 771 g/mol. The molecule has 1 saturated heterocycles. The average Bonchev–Trinajstić information content (AvgIpc) is 3.19. The molecule has 3 N–H and O–H groups in total. The highest BCUT2D eigenvalue weighted by Crippen LogP contribution is 2.27. The Morgan fingerprint density at radius 1 is 0.875 bits per heavy atom. The van der Waals surface area contributed by atoms with E-state index in [1.165, 1.54) is 17.2 Å². The van der Waals surface area contributed by atoms with Gasteiger partial charge < -0.3 is 39.6 Å². The zero-order valence-electron chi connectivity index (χ0n) is 31.7. The van der Waals surface area contributed by atoms with E-state index >= 15 is 4.39 Å². The normalized spacial score (nSPS) is 13.9. The number of benzene rings is 3. The molecule has 56 heavy (non-hydrogen) atoms. The van der Waals surface area contributed by atoms with Crippen LogP contribution in [0.15, 0.2) is 77.7 Å². The molecule has 15 heteroatoms.